The van der Waals surface area contributed by atoms with E-state index in [1.807, 2.05) is 17.0 Å². The highest BCUT2D eigenvalue weighted by atomic mass is 16.5. The Morgan fingerprint density at radius 3 is 2.83 bits per heavy atom. The molecule has 2 saturated heterocycles. The van der Waals surface area contributed by atoms with Crippen LogP contribution in [0.5, 0.6) is 5.75 Å². The number of piperidine rings is 1. The van der Waals surface area contributed by atoms with E-state index in [1.54, 1.807) is 13.3 Å². The largest absolute Gasteiger partial charge is 0.497 e. The van der Waals surface area contributed by atoms with Crippen molar-refractivity contribution in [1.82, 2.24) is 15.2 Å². The fourth-order valence-corrected chi connectivity index (χ4v) is 3.47. The third kappa shape index (κ3) is 3.75. The van der Waals surface area contributed by atoms with Crippen molar-refractivity contribution in [2.24, 2.45) is 5.92 Å². The molecule has 0 saturated carbocycles. The molecule has 1 aromatic heterocycles. The van der Waals surface area contributed by atoms with Gasteiger partial charge in [-0.05, 0) is 32.4 Å². The summed E-state index contributed by atoms with van der Waals surface area (Å²) in [5.41, 5.74) is 0. The normalized spacial score (nSPS) is 25.3. The van der Waals surface area contributed by atoms with Crippen LogP contribution in [0.15, 0.2) is 18.3 Å². The molecule has 1 N–H and O–H groups in total. The van der Waals surface area contributed by atoms with E-state index in [0.717, 1.165) is 57.1 Å². The van der Waals surface area contributed by atoms with Gasteiger partial charge in [0.05, 0.1) is 7.11 Å². The van der Waals surface area contributed by atoms with E-state index in [4.69, 9.17) is 4.74 Å². The maximum atomic E-state index is 12.7. The van der Waals surface area contributed by atoms with Crippen LogP contribution in [0.4, 0.5) is 5.82 Å². The Kier molecular flexibility index (Phi) is 5.00. The second-order valence-corrected chi connectivity index (χ2v) is 6.44. The molecule has 0 bridgehead atoms. The number of carbonyl (C=O) groups is 1. The van der Waals surface area contributed by atoms with Crippen molar-refractivity contribution in [3.63, 3.8) is 0 Å². The maximum Gasteiger partial charge on any atom is 0.225 e. The van der Waals surface area contributed by atoms with E-state index < -0.39 is 0 Å². The molecule has 3 rings (SSSR count). The fourth-order valence-electron chi connectivity index (χ4n) is 3.47. The van der Waals surface area contributed by atoms with E-state index in [9.17, 15) is 4.79 Å². The van der Waals surface area contributed by atoms with Crippen molar-refractivity contribution in [2.75, 3.05) is 44.7 Å². The topological polar surface area (TPSA) is 57.7 Å². The molecule has 3 heterocycles. The number of pyridine rings is 1. The number of carbonyl (C=O) groups excluding carboxylic acids is 1. The SMILES string of the molecule is COc1ccnc(N2CCN(C(=O)[C@H]3CCN[C@@H](C)C3)CC2)c1. The molecule has 6 heteroatoms. The van der Waals surface area contributed by atoms with E-state index in [2.05, 4.69) is 22.1 Å². The minimum Gasteiger partial charge on any atom is -0.497 e. The van der Waals surface area contributed by atoms with Crippen molar-refractivity contribution in [2.45, 2.75) is 25.8 Å². The van der Waals surface area contributed by atoms with Gasteiger partial charge in [-0.1, -0.05) is 0 Å². The number of aromatic nitrogens is 1. The number of nitrogens with one attached hydrogen (secondary N) is 1. The molecule has 6 nitrogen and oxygen atoms in total. The zero-order valence-corrected chi connectivity index (χ0v) is 14.0. The van der Waals surface area contributed by atoms with Crippen LogP contribution >= 0.6 is 0 Å². The lowest BCUT2D eigenvalue weighted by atomic mass is 9.92. The Morgan fingerprint density at radius 1 is 1.35 bits per heavy atom. The van der Waals surface area contributed by atoms with Crippen molar-refractivity contribution < 1.29 is 9.53 Å². The summed E-state index contributed by atoms with van der Waals surface area (Å²) in [4.78, 5) is 21.3. The quantitative estimate of drug-likeness (QED) is 0.905. The minimum atomic E-state index is 0.188. The second kappa shape index (κ2) is 7.17. The van der Waals surface area contributed by atoms with E-state index in [0.29, 0.717) is 11.9 Å². The fraction of sp³-hybridized carbons (Fsp3) is 0.647. The molecule has 2 fully saturated rings. The zero-order valence-electron chi connectivity index (χ0n) is 14.0. The summed E-state index contributed by atoms with van der Waals surface area (Å²) in [5.74, 6) is 2.26. The highest BCUT2D eigenvalue weighted by molar-refractivity contribution is 5.79. The smallest absolute Gasteiger partial charge is 0.225 e. The average Bonchev–Trinajstić information content (AvgIpc) is 2.61. The number of methoxy groups -OCH3 is 1. The van der Waals surface area contributed by atoms with E-state index >= 15 is 0 Å². The molecule has 0 aliphatic carbocycles. The number of hydrogen-bond acceptors (Lipinski definition) is 5. The summed E-state index contributed by atoms with van der Waals surface area (Å²) in [6.45, 7) is 6.31. The first kappa shape index (κ1) is 16.1. The third-order valence-electron chi connectivity index (χ3n) is 4.84. The molecule has 1 amide bonds. The van der Waals surface area contributed by atoms with Gasteiger partial charge in [0.15, 0.2) is 0 Å². The zero-order chi connectivity index (χ0) is 16.2. The molecular formula is C17H26N4O2. The van der Waals surface area contributed by atoms with Crippen molar-refractivity contribution in [3.8, 4) is 5.75 Å². The number of hydrogen-bond donors (Lipinski definition) is 1. The second-order valence-electron chi connectivity index (χ2n) is 6.44. The van der Waals surface area contributed by atoms with Crippen molar-refractivity contribution in [1.29, 1.82) is 0 Å². The molecule has 0 aromatic carbocycles. The van der Waals surface area contributed by atoms with E-state index in [1.165, 1.54) is 0 Å². The van der Waals surface area contributed by atoms with Gasteiger partial charge in [-0.2, -0.15) is 0 Å². The molecule has 23 heavy (non-hydrogen) atoms. The predicted octanol–water partition coefficient (Wildman–Crippen LogP) is 1.13. The van der Waals surface area contributed by atoms with Gasteiger partial charge in [0.1, 0.15) is 11.6 Å². The molecule has 0 unspecified atom stereocenters. The van der Waals surface area contributed by atoms with Crippen molar-refractivity contribution in [3.05, 3.63) is 18.3 Å². The summed E-state index contributed by atoms with van der Waals surface area (Å²) >= 11 is 0. The minimum absolute atomic E-state index is 0.188. The Hall–Kier alpha value is -1.82. The Bertz CT molecular complexity index is 543. The van der Waals surface area contributed by atoms with Gasteiger partial charge in [-0.15, -0.1) is 0 Å². The number of piperazine rings is 1. The van der Waals surface area contributed by atoms with Crippen LogP contribution in [0.2, 0.25) is 0 Å². The van der Waals surface area contributed by atoms with Crippen molar-refractivity contribution >= 4 is 11.7 Å². The highest BCUT2D eigenvalue weighted by Crippen LogP contribution is 2.22. The van der Waals surface area contributed by atoms with Crippen LogP contribution in [0.25, 0.3) is 0 Å². The monoisotopic (exact) mass is 318 g/mol. The van der Waals surface area contributed by atoms with Crippen LogP contribution in [-0.4, -0.2) is 61.7 Å². The molecule has 0 spiro atoms. The lowest BCUT2D eigenvalue weighted by Gasteiger charge is -2.38. The number of nitrogens with zero attached hydrogens (tertiary/aromatic N) is 3. The number of ether oxygens (including phenoxy) is 1. The summed E-state index contributed by atoms with van der Waals surface area (Å²) in [6, 6.07) is 4.24. The molecule has 2 aliphatic rings. The van der Waals surface area contributed by atoms with Crippen LogP contribution in [-0.2, 0) is 4.79 Å². The van der Waals surface area contributed by atoms with Gasteiger partial charge in [-0.3, -0.25) is 4.79 Å². The highest BCUT2D eigenvalue weighted by Gasteiger charge is 2.30. The van der Waals surface area contributed by atoms with Gasteiger partial charge in [0.2, 0.25) is 5.91 Å². The van der Waals surface area contributed by atoms with Crippen LogP contribution in [0.1, 0.15) is 19.8 Å². The van der Waals surface area contributed by atoms with Gasteiger partial charge in [0, 0.05) is 50.4 Å². The molecule has 2 atom stereocenters. The average molecular weight is 318 g/mol. The lowest BCUT2D eigenvalue weighted by Crippen LogP contribution is -2.52. The summed E-state index contributed by atoms with van der Waals surface area (Å²) in [5, 5.41) is 3.41. The van der Waals surface area contributed by atoms with Gasteiger partial charge < -0.3 is 19.9 Å². The Balaban J connectivity index is 1.56. The summed E-state index contributed by atoms with van der Waals surface area (Å²) in [7, 11) is 1.66. The molecular weight excluding hydrogens is 292 g/mol. The van der Waals surface area contributed by atoms with Gasteiger partial charge in [0.25, 0.3) is 0 Å². The number of rotatable bonds is 3. The van der Waals surface area contributed by atoms with E-state index in [-0.39, 0.29) is 5.92 Å². The Labute approximate surface area is 137 Å². The lowest BCUT2D eigenvalue weighted by molar-refractivity contribution is -0.137. The molecule has 126 valence electrons. The van der Waals surface area contributed by atoms with Crippen LogP contribution in [0, 0.1) is 5.92 Å². The molecule has 1 aromatic rings. The Morgan fingerprint density at radius 2 is 2.13 bits per heavy atom. The first-order chi connectivity index (χ1) is 11.2. The summed E-state index contributed by atoms with van der Waals surface area (Å²) < 4.78 is 5.26. The first-order valence-corrected chi connectivity index (χ1v) is 8.44. The maximum absolute atomic E-state index is 12.7. The number of amides is 1. The van der Waals surface area contributed by atoms with Gasteiger partial charge in [-0.25, -0.2) is 4.98 Å². The van der Waals surface area contributed by atoms with Crippen LogP contribution in [0.3, 0.4) is 0 Å². The standard InChI is InChI=1S/C17H26N4O2/c1-13-11-14(3-5-18-13)17(22)21-9-7-20(8-10-21)16-12-15(23-2)4-6-19-16/h4,6,12-14,18H,3,5,7-11H2,1-2H3/t13-,14-/m0/s1. The first-order valence-electron chi connectivity index (χ1n) is 8.44. The van der Waals surface area contributed by atoms with Gasteiger partial charge >= 0.3 is 0 Å². The van der Waals surface area contributed by atoms with Crippen LogP contribution < -0.4 is 15.0 Å². The molecule has 2 aliphatic heterocycles. The third-order valence-corrected chi connectivity index (χ3v) is 4.84. The predicted molar refractivity (Wildman–Crippen MR) is 89.8 cm³/mol. The number of anilines is 1. The summed E-state index contributed by atoms with van der Waals surface area (Å²) in [6.07, 6.45) is 3.68. The molecule has 0 radical (unpaired) electrons.